The molecule has 1 amide bonds. The van der Waals surface area contributed by atoms with Gasteiger partial charge in [-0.05, 0) is 44.0 Å². The molecule has 1 aromatic carbocycles. The largest absolute Gasteiger partial charge is 0.336 e. The molecular formula is C13H16ClFN2O. The van der Waals surface area contributed by atoms with Gasteiger partial charge in [-0.25, -0.2) is 4.39 Å². The summed E-state index contributed by atoms with van der Waals surface area (Å²) in [7, 11) is 0. The summed E-state index contributed by atoms with van der Waals surface area (Å²) < 4.78 is 13.2. The Morgan fingerprint density at radius 1 is 1.56 bits per heavy atom. The molecule has 1 aliphatic heterocycles. The summed E-state index contributed by atoms with van der Waals surface area (Å²) in [4.78, 5) is 14.0. The first-order valence-electron chi connectivity index (χ1n) is 5.98. The van der Waals surface area contributed by atoms with Crippen LogP contribution in [-0.4, -0.2) is 29.9 Å². The zero-order chi connectivity index (χ0) is 13.3. The molecule has 0 saturated carbocycles. The van der Waals surface area contributed by atoms with Crippen LogP contribution in [0.15, 0.2) is 18.2 Å². The Bertz CT molecular complexity index is 446. The van der Waals surface area contributed by atoms with E-state index >= 15 is 0 Å². The fourth-order valence-electron chi connectivity index (χ4n) is 2.44. The number of carbonyl (C=O) groups is 1. The standard InChI is InChI=1S/C13H16ClFN2O/c1-8-2-9(6-16)7-17(8)13(18)10-3-11(14)5-12(15)4-10/h3-5,8-9H,2,6-7,16H2,1H3. The smallest absolute Gasteiger partial charge is 0.254 e. The van der Waals surface area contributed by atoms with Crippen molar-refractivity contribution < 1.29 is 9.18 Å². The van der Waals surface area contributed by atoms with E-state index in [1.54, 1.807) is 4.90 Å². The number of nitrogens with zero attached hydrogens (tertiary/aromatic N) is 1. The molecule has 0 aromatic heterocycles. The van der Waals surface area contributed by atoms with Crippen molar-refractivity contribution in [1.82, 2.24) is 4.90 Å². The van der Waals surface area contributed by atoms with E-state index in [1.807, 2.05) is 6.92 Å². The van der Waals surface area contributed by atoms with Gasteiger partial charge in [-0.2, -0.15) is 0 Å². The SMILES string of the molecule is CC1CC(CN)CN1C(=O)c1cc(F)cc(Cl)c1. The molecular weight excluding hydrogens is 255 g/mol. The second kappa shape index (κ2) is 5.24. The monoisotopic (exact) mass is 270 g/mol. The number of nitrogens with two attached hydrogens (primary N) is 1. The van der Waals surface area contributed by atoms with Crippen LogP contribution in [0, 0.1) is 11.7 Å². The van der Waals surface area contributed by atoms with Gasteiger partial charge in [-0.3, -0.25) is 4.79 Å². The first kappa shape index (κ1) is 13.3. The number of hydrogen-bond acceptors (Lipinski definition) is 2. The first-order valence-corrected chi connectivity index (χ1v) is 6.36. The minimum atomic E-state index is -0.493. The molecule has 1 fully saturated rings. The van der Waals surface area contributed by atoms with Crippen LogP contribution in [0.5, 0.6) is 0 Å². The van der Waals surface area contributed by atoms with Crippen LogP contribution in [0.3, 0.4) is 0 Å². The normalized spacial score (nSPS) is 23.4. The van der Waals surface area contributed by atoms with Crippen LogP contribution in [0.4, 0.5) is 4.39 Å². The highest BCUT2D eigenvalue weighted by molar-refractivity contribution is 6.31. The van der Waals surface area contributed by atoms with E-state index in [2.05, 4.69) is 0 Å². The van der Waals surface area contributed by atoms with Crippen molar-refractivity contribution in [2.75, 3.05) is 13.1 Å². The van der Waals surface area contributed by atoms with Crippen molar-refractivity contribution in [1.29, 1.82) is 0 Å². The Morgan fingerprint density at radius 2 is 2.28 bits per heavy atom. The Balaban J connectivity index is 2.21. The molecule has 2 N–H and O–H groups in total. The number of hydrogen-bond donors (Lipinski definition) is 1. The van der Waals surface area contributed by atoms with E-state index in [0.29, 0.717) is 24.6 Å². The predicted molar refractivity (Wildman–Crippen MR) is 69.1 cm³/mol. The summed E-state index contributed by atoms with van der Waals surface area (Å²) >= 11 is 5.76. The maximum absolute atomic E-state index is 13.2. The fourth-order valence-corrected chi connectivity index (χ4v) is 2.66. The maximum Gasteiger partial charge on any atom is 0.254 e. The predicted octanol–water partition coefficient (Wildman–Crippen LogP) is 2.29. The number of benzene rings is 1. The molecule has 0 spiro atoms. The quantitative estimate of drug-likeness (QED) is 0.896. The highest BCUT2D eigenvalue weighted by Crippen LogP contribution is 2.25. The molecule has 2 rings (SSSR count). The van der Waals surface area contributed by atoms with Crippen molar-refractivity contribution in [3.63, 3.8) is 0 Å². The molecule has 2 atom stereocenters. The summed E-state index contributed by atoms with van der Waals surface area (Å²) in [6.45, 7) is 3.18. The summed E-state index contributed by atoms with van der Waals surface area (Å²) in [5.74, 6) is -0.346. The number of rotatable bonds is 2. The highest BCUT2D eigenvalue weighted by atomic mass is 35.5. The second-order valence-corrected chi connectivity index (χ2v) is 5.24. The fraction of sp³-hybridized carbons (Fsp3) is 0.462. The molecule has 1 aromatic rings. The van der Waals surface area contributed by atoms with E-state index in [-0.39, 0.29) is 17.0 Å². The van der Waals surface area contributed by atoms with E-state index in [9.17, 15) is 9.18 Å². The molecule has 98 valence electrons. The molecule has 0 bridgehead atoms. The van der Waals surface area contributed by atoms with Crippen LogP contribution in [0.2, 0.25) is 5.02 Å². The zero-order valence-electron chi connectivity index (χ0n) is 10.2. The Kier molecular flexibility index (Phi) is 3.88. The summed E-state index contributed by atoms with van der Waals surface area (Å²) in [6.07, 6.45) is 0.894. The van der Waals surface area contributed by atoms with Gasteiger partial charge >= 0.3 is 0 Å². The third-order valence-electron chi connectivity index (χ3n) is 3.37. The number of likely N-dealkylation sites (tertiary alicyclic amines) is 1. The average molecular weight is 271 g/mol. The maximum atomic E-state index is 13.2. The molecule has 18 heavy (non-hydrogen) atoms. The van der Waals surface area contributed by atoms with Gasteiger partial charge in [0, 0.05) is 23.2 Å². The van der Waals surface area contributed by atoms with E-state index in [4.69, 9.17) is 17.3 Å². The topological polar surface area (TPSA) is 46.3 Å². The van der Waals surface area contributed by atoms with Gasteiger partial charge in [0.25, 0.3) is 5.91 Å². The zero-order valence-corrected chi connectivity index (χ0v) is 11.0. The Morgan fingerprint density at radius 3 is 2.83 bits per heavy atom. The number of amides is 1. The molecule has 2 unspecified atom stereocenters. The van der Waals surface area contributed by atoms with Crippen molar-refractivity contribution >= 4 is 17.5 Å². The minimum Gasteiger partial charge on any atom is -0.336 e. The summed E-state index contributed by atoms with van der Waals surface area (Å²) in [5.41, 5.74) is 5.92. The lowest BCUT2D eigenvalue weighted by molar-refractivity contribution is 0.0743. The lowest BCUT2D eigenvalue weighted by Gasteiger charge is -2.21. The lowest BCUT2D eigenvalue weighted by Crippen LogP contribution is -2.34. The Labute approximate surface area is 111 Å². The molecule has 1 saturated heterocycles. The molecule has 5 heteroatoms. The molecule has 1 aliphatic rings. The van der Waals surface area contributed by atoms with Crippen molar-refractivity contribution in [3.8, 4) is 0 Å². The number of halogens is 2. The third-order valence-corrected chi connectivity index (χ3v) is 3.58. The van der Waals surface area contributed by atoms with Gasteiger partial charge < -0.3 is 10.6 Å². The minimum absolute atomic E-state index is 0.132. The van der Waals surface area contributed by atoms with Gasteiger partial charge in [-0.1, -0.05) is 11.6 Å². The van der Waals surface area contributed by atoms with Gasteiger partial charge in [0.1, 0.15) is 5.82 Å². The van der Waals surface area contributed by atoms with Crippen LogP contribution in [0.1, 0.15) is 23.7 Å². The van der Waals surface area contributed by atoms with Crippen LogP contribution < -0.4 is 5.73 Å². The Hall–Kier alpha value is -1.13. The molecule has 3 nitrogen and oxygen atoms in total. The van der Waals surface area contributed by atoms with Gasteiger partial charge in [0.05, 0.1) is 0 Å². The third kappa shape index (κ3) is 2.65. The summed E-state index contributed by atoms with van der Waals surface area (Å²) in [5, 5.41) is 0.237. The summed E-state index contributed by atoms with van der Waals surface area (Å²) in [6, 6.07) is 4.04. The van der Waals surface area contributed by atoms with Gasteiger partial charge in [0.2, 0.25) is 0 Å². The van der Waals surface area contributed by atoms with Crippen molar-refractivity contribution in [2.45, 2.75) is 19.4 Å². The second-order valence-electron chi connectivity index (χ2n) is 4.80. The van der Waals surface area contributed by atoms with E-state index in [0.717, 1.165) is 6.42 Å². The lowest BCUT2D eigenvalue weighted by atomic mass is 10.1. The van der Waals surface area contributed by atoms with Gasteiger partial charge in [0.15, 0.2) is 0 Å². The first-order chi connectivity index (χ1) is 8.51. The average Bonchev–Trinajstić information content (AvgIpc) is 2.68. The van der Waals surface area contributed by atoms with Crippen LogP contribution in [-0.2, 0) is 0 Å². The number of carbonyl (C=O) groups excluding carboxylic acids is 1. The molecule has 0 aliphatic carbocycles. The van der Waals surface area contributed by atoms with Crippen molar-refractivity contribution in [2.24, 2.45) is 11.7 Å². The van der Waals surface area contributed by atoms with Crippen LogP contribution in [0.25, 0.3) is 0 Å². The van der Waals surface area contributed by atoms with E-state index in [1.165, 1.54) is 18.2 Å². The van der Waals surface area contributed by atoms with Crippen LogP contribution >= 0.6 is 11.6 Å². The molecule has 0 radical (unpaired) electrons. The molecule has 1 heterocycles. The highest BCUT2D eigenvalue weighted by Gasteiger charge is 2.32. The van der Waals surface area contributed by atoms with Crippen molar-refractivity contribution in [3.05, 3.63) is 34.6 Å². The van der Waals surface area contributed by atoms with Gasteiger partial charge in [-0.15, -0.1) is 0 Å². The van der Waals surface area contributed by atoms with E-state index < -0.39 is 5.82 Å².